The number of aryl methyl sites for hydroxylation is 2. The Balaban J connectivity index is 1.58. The summed E-state index contributed by atoms with van der Waals surface area (Å²) in [7, 11) is 1.84. The summed E-state index contributed by atoms with van der Waals surface area (Å²) in [6.07, 6.45) is 1.02. The maximum absolute atomic E-state index is 12.6. The summed E-state index contributed by atoms with van der Waals surface area (Å²) in [5.41, 5.74) is 3.63. The van der Waals surface area contributed by atoms with E-state index in [2.05, 4.69) is 58.1 Å². The predicted octanol–water partition coefficient (Wildman–Crippen LogP) is 3.95. The van der Waals surface area contributed by atoms with Crippen molar-refractivity contribution in [2.75, 3.05) is 12.8 Å². The summed E-state index contributed by atoms with van der Waals surface area (Å²) in [5.74, 6) is 1.27. The highest BCUT2D eigenvalue weighted by Crippen LogP contribution is 2.19. The van der Waals surface area contributed by atoms with E-state index in [4.69, 9.17) is 0 Å². The second-order valence-electron chi connectivity index (χ2n) is 6.81. The Kier molecular flexibility index (Phi) is 6.87. The highest BCUT2D eigenvalue weighted by molar-refractivity contribution is 7.99. The van der Waals surface area contributed by atoms with Crippen molar-refractivity contribution in [3.05, 3.63) is 77.1 Å². The van der Waals surface area contributed by atoms with Gasteiger partial charge in [-0.3, -0.25) is 4.79 Å². The lowest BCUT2D eigenvalue weighted by Gasteiger charge is -2.17. The van der Waals surface area contributed by atoms with Crippen LogP contribution in [0.5, 0.6) is 0 Å². The van der Waals surface area contributed by atoms with Crippen molar-refractivity contribution in [1.82, 2.24) is 19.7 Å². The van der Waals surface area contributed by atoms with Crippen LogP contribution in [0.1, 0.15) is 29.4 Å². The Morgan fingerprint density at radius 2 is 1.68 bits per heavy atom. The summed E-state index contributed by atoms with van der Waals surface area (Å²) >= 11 is 1.44. The lowest BCUT2D eigenvalue weighted by Crippen LogP contribution is -2.28. The van der Waals surface area contributed by atoms with Gasteiger partial charge in [0.15, 0.2) is 5.16 Å². The molecule has 0 N–H and O–H groups in total. The fourth-order valence-corrected chi connectivity index (χ4v) is 3.82. The summed E-state index contributed by atoms with van der Waals surface area (Å²) in [5, 5.41) is 9.21. The van der Waals surface area contributed by atoms with Gasteiger partial charge in [-0.25, -0.2) is 0 Å². The third-order valence-electron chi connectivity index (χ3n) is 4.69. The molecule has 0 spiro atoms. The van der Waals surface area contributed by atoms with Gasteiger partial charge in [0.25, 0.3) is 0 Å². The molecule has 1 aromatic heterocycles. The second-order valence-corrected chi connectivity index (χ2v) is 7.75. The van der Waals surface area contributed by atoms with Crippen LogP contribution in [0.4, 0.5) is 0 Å². The van der Waals surface area contributed by atoms with Crippen molar-refractivity contribution in [2.45, 2.75) is 38.5 Å². The van der Waals surface area contributed by atoms with Gasteiger partial charge >= 0.3 is 0 Å². The number of carbonyl (C=O) groups excluding carboxylic acids is 1. The third kappa shape index (κ3) is 5.23. The molecule has 0 unspecified atom stereocenters. The minimum Gasteiger partial charge on any atom is -0.341 e. The maximum Gasteiger partial charge on any atom is 0.233 e. The summed E-state index contributed by atoms with van der Waals surface area (Å²) in [6, 6.07) is 18.6. The molecule has 146 valence electrons. The second kappa shape index (κ2) is 9.55. The molecule has 0 saturated carbocycles. The number of thioether (sulfide) groups is 1. The topological polar surface area (TPSA) is 51.0 Å². The van der Waals surface area contributed by atoms with Crippen molar-refractivity contribution < 1.29 is 4.79 Å². The van der Waals surface area contributed by atoms with Crippen molar-refractivity contribution in [2.24, 2.45) is 0 Å². The molecule has 0 aliphatic rings. The molecule has 3 aromatic rings. The van der Waals surface area contributed by atoms with Crippen LogP contribution in [0.15, 0.2) is 59.8 Å². The Morgan fingerprint density at radius 1 is 1.00 bits per heavy atom. The molecule has 28 heavy (non-hydrogen) atoms. The highest BCUT2D eigenvalue weighted by Gasteiger charge is 2.15. The minimum atomic E-state index is 0.0801. The molecule has 0 saturated heterocycles. The Bertz CT molecular complexity index is 906. The van der Waals surface area contributed by atoms with E-state index < -0.39 is 0 Å². The molecule has 0 aliphatic carbocycles. The van der Waals surface area contributed by atoms with Gasteiger partial charge in [0, 0.05) is 13.6 Å². The van der Waals surface area contributed by atoms with Crippen molar-refractivity contribution in [3.8, 4) is 0 Å². The van der Waals surface area contributed by atoms with Gasteiger partial charge in [-0.2, -0.15) is 0 Å². The molecule has 5 nitrogen and oxygen atoms in total. The number of hydrogen-bond donors (Lipinski definition) is 0. The lowest BCUT2D eigenvalue weighted by atomic mass is 10.1. The molecule has 6 heteroatoms. The number of aromatic nitrogens is 3. The number of rotatable bonds is 8. The molecule has 0 atom stereocenters. The fraction of sp³-hybridized carbons (Fsp3) is 0.318. The van der Waals surface area contributed by atoms with E-state index in [-0.39, 0.29) is 5.91 Å². The largest absolute Gasteiger partial charge is 0.341 e. The van der Waals surface area contributed by atoms with Crippen LogP contribution in [-0.4, -0.2) is 38.4 Å². The van der Waals surface area contributed by atoms with Crippen molar-refractivity contribution >= 4 is 17.7 Å². The van der Waals surface area contributed by atoms with E-state index in [1.807, 2.05) is 32.2 Å². The smallest absolute Gasteiger partial charge is 0.233 e. The van der Waals surface area contributed by atoms with Gasteiger partial charge in [-0.15, -0.1) is 10.2 Å². The molecule has 0 fully saturated rings. The van der Waals surface area contributed by atoms with Gasteiger partial charge in [0.1, 0.15) is 5.82 Å². The first kappa shape index (κ1) is 20.1. The monoisotopic (exact) mass is 394 g/mol. The molecule has 0 bridgehead atoms. The van der Waals surface area contributed by atoms with Gasteiger partial charge in [-0.1, -0.05) is 73.3 Å². The third-order valence-corrected chi connectivity index (χ3v) is 5.64. The van der Waals surface area contributed by atoms with Crippen LogP contribution < -0.4 is 0 Å². The molecule has 3 rings (SSSR count). The molecular weight excluding hydrogens is 368 g/mol. The predicted molar refractivity (Wildman–Crippen MR) is 113 cm³/mol. The summed E-state index contributed by atoms with van der Waals surface area (Å²) < 4.78 is 2.05. The van der Waals surface area contributed by atoms with E-state index in [9.17, 15) is 4.79 Å². The van der Waals surface area contributed by atoms with Crippen LogP contribution in [0.3, 0.4) is 0 Å². The molecular formula is C22H26N4OS. The number of hydrogen-bond acceptors (Lipinski definition) is 4. The molecule has 0 radical (unpaired) electrons. The summed E-state index contributed by atoms with van der Waals surface area (Å²) in [4.78, 5) is 14.3. The van der Waals surface area contributed by atoms with E-state index in [1.54, 1.807) is 4.90 Å². The molecule has 0 aliphatic heterocycles. The summed E-state index contributed by atoms with van der Waals surface area (Å²) in [6.45, 7) is 5.39. The average Bonchev–Trinajstić information content (AvgIpc) is 3.07. The van der Waals surface area contributed by atoms with Crippen molar-refractivity contribution in [1.29, 1.82) is 0 Å². The van der Waals surface area contributed by atoms with Gasteiger partial charge in [0.05, 0.1) is 12.3 Å². The number of benzene rings is 2. The van der Waals surface area contributed by atoms with Crippen LogP contribution >= 0.6 is 11.8 Å². The van der Waals surface area contributed by atoms with E-state index in [0.29, 0.717) is 18.8 Å². The normalized spacial score (nSPS) is 10.8. The maximum atomic E-state index is 12.6. The van der Waals surface area contributed by atoms with E-state index >= 15 is 0 Å². The zero-order valence-corrected chi connectivity index (χ0v) is 17.4. The van der Waals surface area contributed by atoms with Gasteiger partial charge in [0.2, 0.25) is 5.91 Å². The zero-order valence-electron chi connectivity index (χ0n) is 16.6. The number of nitrogens with zero attached hydrogens (tertiary/aromatic N) is 4. The van der Waals surface area contributed by atoms with Crippen LogP contribution in [0.2, 0.25) is 0 Å². The molecule has 2 aromatic carbocycles. The van der Waals surface area contributed by atoms with E-state index in [1.165, 1.54) is 22.9 Å². The molecule has 1 heterocycles. The van der Waals surface area contributed by atoms with Gasteiger partial charge in [-0.05, 0) is 30.0 Å². The number of amides is 1. The number of carbonyl (C=O) groups is 1. The SMILES string of the molecule is CCc1ccc(CN(C)C(=O)CSc2nnc(C)n2Cc2ccccc2)cc1. The first-order chi connectivity index (χ1) is 13.6. The Hall–Kier alpha value is -2.60. The fourth-order valence-electron chi connectivity index (χ4n) is 2.90. The first-order valence-corrected chi connectivity index (χ1v) is 10.4. The minimum absolute atomic E-state index is 0.0801. The zero-order chi connectivity index (χ0) is 19.9. The Labute approximate surface area is 170 Å². The van der Waals surface area contributed by atoms with Gasteiger partial charge < -0.3 is 9.47 Å². The van der Waals surface area contributed by atoms with Crippen molar-refractivity contribution in [3.63, 3.8) is 0 Å². The molecule has 1 amide bonds. The standard InChI is InChI=1S/C22H26N4OS/c1-4-18-10-12-20(13-11-18)14-25(3)21(27)16-28-22-24-23-17(2)26(22)15-19-8-6-5-7-9-19/h5-13H,4,14-16H2,1-3H3. The van der Waals surface area contributed by atoms with Crippen LogP contribution in [0, 0.1) is 6.92 Å². The first-order valence-electron chi connectivity index (χ1n) is 9.45. The quantitative estimate of drug-likeness (QED) is 0.543. The van der Waals surface area contributed by atoms with Crippen LogP contribution in [0.25, 0.3) is 0 Å². The van der Waals surface area contributed by atoms with E-state index in [0.717, 1.165) is 23.0 Å². The Morgan fingerprint density at radius 3 is 2.36 bits per heavy atom. The highest BCUT2D eigenvalue weighted by atomic mass is 32.2. The van der Waals surface area contributed by atoms with Crippen LogP contribution in [-0.2, 0) is 24.3 Å². The lowest BCUT2D eigenvalue weighted by molar-refractivity contribution is -0.127. The average molecular weight is 395 g/mol.